The van der Waals surface area contributed by atoms with Gasteiger partial charge in [-0.3, -0.25) is 19.4 Å². The summed E-state index contributed by atoms with van der Waals surface area (Å²) < 4.78 is 1.97. The van der Waals surface area contributed by atoms with Crippen molar-refractivity contribution in [1.29, 1.82) is 0 Å². The number of fused-ring (bicyclic) bond motifs is 3. The number of aromatic amines is 1. The fourth-order valence-electron chi connectivity index (χ4n) is 4.14. The molecule has 0 saturated carbocycles. The average molecular weight is 468 g/mol. The molecule has 33 heavy (non-hydrogen) atoms. The van der Waals surface area contributed by atoms with Crippen LogP contribution >= 0.6 is 11.8 Å². The van der Waals surface area contributed by atoms with Crippen molar-refractivity contribution < 1.29 is 14.7 Å². The zero-order chi connectivity index (χ0) is 23.2. The van der Waals surface area contributed by atoms with Crippen LogP contribution in [-0.2, 0) is 24.2 Å². The molecule has 174 valence electrons. The zero-order valence-electron chi connectivity index (χ0n) is 18.8. The number of H-pyrrole nitrogens is 1. The Hall–Kier alpha value is -3.07. The van der Waals surface area contributed by atoms with Crippen LogP contribution in [-0.4, -0.2) is 48.4 Å². The molecule has 2 aromatic heterocycles. The van der Waals surface area contributed by atoms with E-state index >= 15 is 0 Å². The summed E-state index contributed by atoms with van der Waals surface area (Å²) in [5.41, 5.74) is 5.47. The van der Waals surface area contributed by atoms with E-state index in [2.05, 4.69) is 20.6 Å². The Kier molecular flexibility index (Phi) is 7.49. The van der Waals surface area contributed by atoms with Gasteiger partial charge in [-0.2, -0.15) is 10.2 Å². The first-order valence-electron chi connectivity index (χ1n) is 11.3. The third-order valence-electron chi connectivity index (χ3n) is 5.84. The lowest BCUT2D eigenvalue weighted by molar-refractivity contribution is -0.109. The number of nitrogens with one attached hydrogen (secondary N) is 2. The van der Waals surface area contributed by atoms with E-state index in [0.717, 1.165) is 72.4 Å². The molecule has 3 N–H and O–H groups in total. The minimum absolute atomic E-state index is 0.139. The summed E-state index contributed by atoms with van der Waals surface area (Å²) in [6.07, 6.45) is 7.38. The molecule has 2 heterocycles. The van der Waals surface area contributed by atoms with Gasteiger partial charge in [-0.15, -0.1) is 0 Å². The van der Waals surface area contributed by atoms with E-state index in [1.165, 1.54) is 11.8 Å². The van der Waals surface area contributed by atoms with Gasteiger partial charge in [0.1, 0.15) is 5.75 Å². The molecule has 1 amide bonds. The molecule has 0 spiro atoms. The summed E-state index contributed by atoms with van der Waals surface area (Å²) >= 11 is 1.37. The van der Waals surface area contributed by atoms with E-state index in [9.17, 15) is 14.7 Å². The molecule has 1 aliphatic carbocycles. The Morgan fingerprint density at radius 2 is 1.94 bits per heavy atom. The third-order valence-corrected chi connectivity index (χ3v) is 6.74. The molecule has 0 atom stereocenters. The van der Waals surface area contributed by atoms with E-state index in [1.807, 2.05) is 23.0 Å². The first-order valence-corrected chi connectivity index (χ1v) is 12.3. The Morgan fingerprint density at radius 3 is 2.73 bits per heavy atom. The number of phenols is 1. The van der Waals surface area contributed by atoms with Crippen LogP contribution in [0.15, 0.2) is 30.5 Å². The summed E-state index contributed by atoms with van der Waals surface area (Å²) in [4.78, 5) is 23.6. The van der Waals surface area contributed by atoms with Gasteiger partial charge < -0.3 is 10.4 Å². The van der Waals surface area contributed by atoms with E-state index in [0.29, 0.717) is 18.8 Å². The molecule has 3 aromatic rings. The highest BCUT2D eigenvalue weighted by molar-refractivity contribution is 8.13. The smallest absolute Gasteiger partial charge is 0.272 e. The fourth-order valence-corrected chi connectivity index (χ4v) is 4.77. The third kappa shape index (κ3) is 5.65. The molecule has 4 rings (SSSR count). The first kappa shape index (κ1) is 23.1. The monoisotopic (exact) mass is 467 g/mol. The normalized spacial score (nSPS) is 12.3. The van der Waals surface area contributed by atoms with Crippen LogP contribution in [0.2, 0.25) is 0 Å². The number of thioether (sulfide) groups is 1. The second-order valence-corrected chi connectivity index (χ2v) is 9.54. The van der Waals surface area contributed by atoms with Crippen LogP contribution in [0.4, 0.5) is 0 Å². The standard InChI is InChI=1S/C24H29N5O3S/c1-16(30)33-13-5-3-2-4-12-25-24(32)23-19-10-11-21-20(22(19)27-28-23)14-26-29(21)15-17-6-8-18(31)9-7-17/h6-9,14,31H,2-5,10-13,15H2,1H3,(H,25,32)(H,27,28). The number of hydrogen-bond acceptors (Lipinski definition) is 6. The van der Waals surface area contributed by atoms with Crippen LogP contribution in [0, 0.1) is 0 Å². The van der Waals surface area contributed by atoms with Gasteiger partial charge in [0.25, 0.3) is 5.91 Å². The second-order valence-electron chi connectivity index (χ2n) is 8.26. The molecular weight excluding hydrogens is 438 g/mol. The maximum absolute atomic E-state index is 12.7. The van der Waals surface area contributed by atoms with Crippen LogP contribution in [0.1, 0.15) is 59.9 Å². The van der Waals surface area contributed by atoms with Crippen molar-refractivity contribution in [2.75, 3.05) is 12.3 Å². The molecule has 0 saturated heterocycles. The number of aromatic hydroxyl groups is 1. The Bertz CT molecular complexity index is 1120. The molecule has 1 aromatic carbocycles. The topological polar surface area (TPSA) is 113 Å². The van der Waals surface area contributed by atoms with E-state index < -0.39 is 0 Å². The SMILES string of the molecule is CC(=O)SCCCCCCNC(=O)c1n[nH]c2c1CCc1c-2cnn1Cc1ccc(O)cc1. The lowest BCUT2D eigenvalue weighted by atomic mass is 9.93. The van der Waals surface area contributed by atoms with E-state index in [1.54, 1.807) is 19.1 Å². The van der Waals surface area contributed by atoms with Crippen molar-refractivity contribution in [3.05, 3.63) is 53.0 Å². The second kappa shape index (κ2) is 10.7. The number of hydrogen-bond donors (Lipinski definition) is 3. The molecule has 0 bridgehead atoms. The highest BCUT2D eigenvalue weighted by Crippen LogP contribution is 2.33. The Morgan fingerprint density at radius 1 is 1.15 bits per heavy atom. The summed E-state index contributed by atoms with van der Waals surface area (Å²) in [5, 5.41) is 24.6. The van der Waals surface area contributed by atoms with Gasteiger partial charge in [-0.1, -0.05) is 36.7 Å². The highest BCUT2D eigenvalue weighted by Gasteiger charge is 2.27. The van der Waals surface area contributed by atoms with Crippen molar-refractivity contribution in [3.63, 3.8) is 0 Å². The molecule has 0 unspecified atom stereocenters. The van der Waals surface area contributed by atoms with Gasteiger partial charge in [0.2, 0.25) is 0 Å². The number of rotatable bonds is 10. The fraction of sp³-hybridized carbons (Fsp3) is 0.417. The van der Waals surface area contributed by atoms with Gasteiger partial charge >= 0.3 is 0 Å². The number of phenolic OH excluding ortho intramolecular Hbond substituents is 1. The quantitative estimate of drug-likeness (QED) is 0.392. The Labute approximate surface area is 197 Å². The molecular formula is C24H29N5O3S. The molecule has 0 aliphatic heterocycles. The maximum atomic E-state index is 12.7. The van der Waals surface area contributed by atoms with Gasteiger partial charge in [-0.05, 0) is 43.4 Å². The van der Waals surface area contributed by atoms with Gasteiger partial charge in [0.15, 0.2) is 10.8 Å². The first-order chi connectivity index (χ1) is 16.0. The molecule has 9 heteroatoms. The van der Waals surface area contributed by atoms with Crippen molar-refractivity contribution in [2.24, 2.45) is 0 Å². The van der Waals surface area contributed by atoms with Crippen molar-refractivity contribution >= 4 is 22.8 Å². The summed E-state index contributed by atoms with van der Waals surface area (Å²) in [5.74, 6) is 0.978. The largest absolute Gasteiger partial charge is 0.508 e. The maximum Gasteiger partial charge on any atom is 0.272 e. The number of nitrogens with zero attached hydrogens (tertiary/aromatic N) is 3. The number of unbranched alkanes of at least 4 members (excludes halogenated alkanes) is 3. The predicted octanol–water partition coefficient (Wildman–Crippen LogP) is 3.70. The van der Waals surface area contributed by atoms with Crippen LogP contribution in [0.25, 0.3) is 11.3 Å². The minimum atomic E-state index is -0.139. The van der Waals surface area contributed by atoms with E-state index in [4.69, 9.17) is 0 Å². The number of carbonyl (C=O) groups excluding carboxylic acids is 2. The van der Waals surface area contributed by atoms with Crippen molar-refractivity contribution in [2.45, 2.75) is 52.0 Å². The summed E-state index contributed by atoms with van der Waals surface area (Å²) in [6.45, 7) is 2.84. The predicted molar refractivity (Wildman–Crippen MR) is 128 cm³/mol. The van der Waals surface area contributed by atoms with Crippen molar-refractivity contribution in [1.82, 2.24) is 25.3 Å². The summed E-state index contributed by atoms with van der Waals surface area (Å²) in [6, 6.07) is 7.14. The Balaban J connectivity index is 1.32. The van der Waals surface area contributed by atoms with Crippen LogP contribution < -0.4 is 5.32 Å². The van der Waals surface area contributed by atoms with Gasteiger partial charge in [-0.25, -0.2) is 0 Å². The molecule has 0 radical (unpaired) electrons. The van der Waals surface area contributed by atoms with Gasteiger partial charge in [0.05, 0.1) is 18.4 Å². The van der Waals surface area contributed by atoms with E-state index in [-0.39, 0.29) is 16.8 Å². The molecule has 1 aliphatic rings. The van der Waals surface area contributed by atoms with Crippen LogP contribution in [0.3, 0.4) is 0 Å². The number of aromatic nitrogens is 4. The highest BCUT2D eigenvalue weighted by atomic mass is 32.2. The zero-order valence-corrected chi connectivity index (χ0v) is 19.6. The number of amides is 1. The summed E-state index contributed by atoms with van der Waals surface area (Å²) in [7, 11) is 0. The lowest BCUT2D eigenvalue weighted by Crippen LogP contribution is -2.26. The lowest BCUT2D eigenvalue weighted by Gasteiger charge is -2.15. The van der Waals surface area contributed by atoms with Crippen molar-refractivity contribution in [3.8, 4) is 17.0 Å². The number of carbonyl (C=O) groups is 2. The van der Waals surface area contributed by atoms with Gasteiger partial charge in [0, 0.05) is 36.0 Å². The van der Waals surface area contributed by atoms with Crippen LogP contribution in [0.5, 0.6) is 5.75 Å². The molecule has 8 nitrogen and oxygen atoms in total. The average Bonchev–Trinajstić information content (AvgIpc) is 3.41. The molecule has 0 fully saturated rings. The number of benzene rings is 1. The minimum Gasteiger partial charge on any atom is -0.508 e.